The molecule has 0 bridgehead atoms. The second kappa shape index (κ2) is 8.64. The first-order valence-corrected chi connectivity index (χ1v) is 12.8. The maximum atomic E-state index is 12.3. The summed E-state index contributed by atoms with van der Waals surface area (Å²) in [5.74, 6) is 2.19. The second-order valence-corrected chi connectivity index (χ2v) is 11.0. The van der Waals surface area contributed by atoms with Crippen LogP contribution in [-0.4, -0.2) is 48.3 Å². The molecule has 2 aliphatic rings. The molecule has 8 nitrogen and oxygen atoms in total. The minimum absolute atomic E-state index is 0.409. The molecule has 0 saturated carbocycles. The summed E-state index contributed by atoms with van der Waals surface area (Å²) in [6, 6.07) is 9.94. The topological polar surface area (TPSA) is 105 Å². The van der Waals surface area contributed by atoms with Crippen molar-refractivity contribution in [1.82, 2.24) is 0 Å². The van der Waals surface area contributed by atoms with Crippen molar-refractivity contribution in [3.63, 3.8) is 0 Å². The average Bonchev–Trinajstić information content (AvgIpc) is 2.75. The first kappa shape index (κ1) is 21.3. The molecule has 0 unspecified atom stereocenters. The summed E-state index contributed by atoms with van der Waals surface area (Å²) >= 11 is 0. The smallest absolute Gasteiger partial charge is 0.186 e. The molecule has 0 saturated heterocycles. The lowest BCUT2D eigenvalue weighted by molar-refractivity contribution is 0.171. The Bertz CT molecular complexity index is 1150. The van der Waals surface area contributed by atoms with Gasteiger partial charge >= 0.3 is 0 Å². The van der Waals surface area contributed by atoms with Crippen LogP contribution in [0.25, 0.3) is 12.2 Å². The van der Waals surface area contributed by atoms with E-state index in [1.165, 1.54) is 12.2 Å². The highest BCUT2D eigenvalue weighted by molar-refractivity contribution is 8.10. The summed E-state index contributed by atoms with van der Waals surface area (Å²) in [6.45, 7) is 1.72. The lowest BCUT2D eigenvalue weighted by Crippen LogP contribution is -2.15. The molecule has 2 aromatic rings. The van der Waals surface area contributed by atoms with Crippen LogP contribution in [0, 0.1) is 0 Å². The molecule has 0 aliphatic carbocycles. The molecule has 0 N–H and O–H groups in total. The largest absolute Gasteiger partial charge is 0.486 e. The highest BCUT2D eigenvalue weighted by Crippen LogP contribution is 2.32. The normalized spacial score (nSPS) is 16.0. The Morgan fingerprint density at radius 1 is 0.613 bits per heavy atom. The van der Waals surface area contributed by atoms with Gasteiger partial charge in [-0.15, -0.1) is 0 Å². The zero-order valence-electron chi connectivity index (χ0n) is 16.4. The van der Waals surface area contributed by atoms with Crippen LogP contribution < -0.4 is 18.9 Å². The SMILES string of the molecule is O=S(=O)(/C=C/c1ccc2c(c1)OCCO2)CS(=O)(=O)/C=C/c1ccc2c(c1)OCCO2. The van der Waals surface area contributed by atoms with E-state index in [0.29, 0.717) is 60.6 Å². The monoisotopic (exact) mass is 464 g/mol. The summed E-state index contributed by atoms with van der Waals surface area (Å²) < 4.78 is 71.0. The first-order chi connectivity index (χ1) is 14.8. The second-order valence-electron chi connectivity index (χ2n) is 6.86. The van der Waals surface area contributed by atoms with Gasteiger partial charge in [0, 0.05) is 10.8 Å². The Morgan fingerprint density at radius 2 is 1.00 bits per heavy atom. The third-order valence-electron chi connectivity index (χ3n) is 4.40. The molecule has 10 heteroatoms. The van der Waals surface area contributed by atoms with E-state index in [0.717, 1.165) is 10.8 Å². The summed E-state index contributed by atoms with van der Waals surface area (Å²) in [5, 5.41) is 0.726. The van der Waals surface area contributed by atoms with Gasteiger partial charge in [-0.2, -0.15) is 0 Å². The van der Waals surface area contributed by atoms with Crippen molar-refractivity contribution in [2.75, 3.05) is 31.5 Å². The minimum atomic E-state index is -4.01. The molecule has 164 valence electrons. The van der Waals surface area contributed by atoms with Crippen LogP contribution in [0.1, 0.15) is 11.1 Å². The van der Waals surface area contributed by atoms with Crippen molar-refractivity contribution in [2.24, 2.45) is 0 Å². The highest BCUT2D eigenvalue weighted by Gasteiger charge is 2.18. The number of hydrogen-bond donors (Lipinski definition) is 0. The van der Waals surface area contributed by atoms with Gasteiger partial charge in [0.05, 0.1) is 0 Å². The van der Waals surface area contributed by atoms with Gasteiger partial charge in [-0.3, -0.25) is 0 Å². The minimum Gasteiger partial charge on any atom is -0.486 e. The summed E-state index contributed by atoms with van der Waals surface area (Å²) in [7, 11) is -8.03. The molecule has 0 fully saturated rings. The highest BCUT2D eigenvalue weighted by atomic mass is 32.3. The fourth-order valence-electron chi connectivity index (χ4n) is 3.00. The molecule has 2 aromatic carbocycles. The number of rotatable bonds is 6. The van der Waals surface area contributed by atoms with Gasteiger partial charge in [0.2, 0.25) is 0 Å². The van der Waals surface area contributed by atoms with E-state index in [1.54, 1.807) is 36.4 Å². The predicted octanol–water partition coefficient (Wildman–Crippen LogP) is 2.66. The van der Waals surface area contributed by atoms with E-state index in [2.05, 4.69) is 0 Å². The van der Waals surface area contributed by atoms with E-state index in [4.69, 9.17) is 18.9 Å². The lowest BCUT2D eigenvalue weighted by atomic mass is 10.2. The van der Waals surface area contributed by atoms with Gasteiger partial charge in [-0.1, -0.05) is 12.1 Å². The fraction of sp³-hybridized carbons (Fsp3) is 0.238. The Kier molecular flexibility index (Phi) is 5.92. The van der Waals surface area contributed by atoms with E-state index in [1.807, 2.05) is 0 Å². The van der Waals surface area contributed by atoms with Crippen LogP contribution in [0.4, 0.5) is 0 Å². The van der Waals surface area contributed by atoms with Crippen LogP contribution in [-0.2, 0) is 19.7 Å². The van der Waals surface area contributed by atoms with E-state index in [-0.39, 0.29) is 0 Å². The molecule has 0 amide bonds. The maximum absolute atomic E-state index is 12.3. The quantitative estimate of drug-likeness (QED) is 0.643. The fourth-order valence-corrected chi connectivity index (χ4v) is 6.19. The van der Waals surface area contributed by atoms with Crippen LogP contribution in [0.3, 0.4) is 0 Å². The van der Waals surface area contributed by atoms with Crippen LogP contribution >= 0.6 is 0 Å². The van der Waals surface area contributed by atoms with Crippen molar-refractivity contribution >= 4 is 31.8 Å². The average molecular weight is 465 g/mol. The molecule has 0 spiro atoms. The summed E-state index contributed by atoms with van der Waals surface area (Å²) in [4.78, 5) is 0. The van der Waals surface area contributed by atoms with Gasteiger partial charge in [0.1, 0.15) is 26.4 Å². The van der Waals surface area contributed by atoms with Gasteiger partial charge in [-0.05, 0) is 47.5 Å². The Morgan fingerprint density at radius 3 is 1.42 bits per heavy atom. The zero-order valence-corrected chi connectivity index (χ0v) is 18.0. The van der Waals surface area contributed by atoms with E-state index >= 15 is 0 Å². The lowest BCUT2D eigenvalue weighted by Gasteiger charge is -2.18. The van der Waals surface area contributed by atoms with Crippen molar-refractivity contribution in [2.45, 2.75) is 0 Å². The van der Waals surface area contributed by atoms with Gasteiger partial charge < -0.3 is 18.9 Å². The third-order valence-corrected chi connectivity index (χ3v) is 8.13. The number of fused-ring (bicyclic) bond motifs is 2. The summed E-state index contributed by atoms with van der Waals surface area (Å²) in [6.07, 6.45) is 2.65. The molecule has 0 atom stereocenters. The predicted molar refractivity (Wildman–Crippen MR) is 116 cm³/mol. The van der Waals surface area contributed by atoms with E-state index < -0.39 is 24.8 Å². The van der Waals surface area contributed by atoms with E-state index in [9.17, 15) is 16.8 Å². The zero-order chi connectivity index (χ0) is 21.9. The Labute approximate surface area is 180 Å². The van der Waals surface area contributed by atoms with Gasteiger partial charge in [-0.25, -0.2) is 16.8 Å². The summed E-state index contributed by atoms with van der Waals surface area (Å²) in [5.41, 5.74) is 1.11. The Balaban J connectivity index is 1.44. The number of ether oxygens (including phenoxy) is 4. The molecule has 0 radical (unpaired) electrons. The third kappa shape index (κ3) is 5.59. The van der Waals surface area contributed by atoms with Crippen LogP contribution in [0.2, 0.25) is 0 Å². The molecule has 0 aromatic heterocycles. The maximum Gasteiger partial charge on any atom is 0.186 e. The van der Waals surface area contributed by atoms with Gasteiger partial charge in [0.15, 0.2) is 47.8 Å². The number of sulfone groups is 2. The molecular weight excluding hydrogens is 444 g/mol. The number of benzene rings is 2. The van der Waals surface area contributed by atoms with Crippen molar-refractivity contribution in [3.05, 3.63) is 58.3 Å². The van der Waals surface area contributed by atoms with Crippen molar-refractivity contribution < 1.29 is 35.8 Å². The van der Waals surface area contributed by atoms with Crippen molar-refractivity contribution in [3.8, 4) is 23.0 Å². The van der Waals surface area contributed by atoms with Crippen LogP contribution in [0.15, 0.2) is 47.2 Å². The standard InChI is InChI=1S/C21H20O8S2/c22-30(23,11-5-16-1-3-18-20(13-16)28-9-7-26-18)15-31(24,25)12-6-17-2-4-19-21(14-17)29-10-8-27-19/h1-6,11-14H,7-10,15H2/b11-5+,12-6+. The van der Waals surface area contributed by atoms with Crippen LogP contribution in [0.5, 0.6) is 23.0 Å². The molecule has 2 aliphatic heterocycles. The van der Waals surface area contributed by atoms with Gasteiger partial charge in [0.25, 0.3) is 0 Å². The Hall–Kier alpha value is -2.98. The first-order valence-electron chi connectivity index (χ1n) is 9.41. The molecule has 31 heavy (non-hydrogen) atoms. The molecule has 4 rings (SSSR count). The number of hydrogen-bond acceptors (Lipinski definition) is 8. The molecule has 2 heterocycles. The van der Waals surface area contributed by atoms with Crippen molar-refractivity contribution in [1.29, 1.82) is 0 Å². The molecular formula is C21H20O8S2.